The number of nitrogens with zero attached hydrogens (tertiary/aromatic N) is 2. The molecule has 1 N–H and O–H groups in total. The van der Waals surface area contributed by atoms with Crippen LogP contribution in [0.3, 0.4) is 0 Å². The molecule has 20 heavy (non-hydrogen) atoms. The minimum absolute atomic E-state index is 0.212. The third kappa shape index (κ3) is 3.27. The average molecular weight is 301 g/mol. The van der Waals surface area contributed by atoms with E-state index in [0.717, 1.165) is 18.4 Å². The highest BCUT2D eigenvalue weighted by Gasteiger charge is 2.41. The largest absolute Gasteiger partial charge is 0.356 e. The highest BCUT2D eigenvalue weighted by atomic mass is 32.2. The Hall–Kier alpha value is -0.780. The van der Waals surface area contributed by atoms with Crippen LogP contribution in [0.25, 0.3) is 0 Å². The van der Waals surface area contributed by atoms with Crippen molar-refractivity contribution in [2.75, 3.05) is 32.4 Å². The van der Waals surface area contributed by atoms with E-state index >= 15 is 0 Å². The van der Waals surface area contributed by atoms with Crippen LogP contribution in [0, 0.1) is 5.92 Å². The molecule has 0 spiro atoms. The standard InChI is InChI=1S/C14H27N3O2S/c1-14(2)11-17(8-9-20(14,18)19)13(15-3)16-10-12-6-4-5-7-12/h12H,4-11H2,1-3H3,(H,15,16). The first-order valence-corrected chi connectivity index (χ1v) is 9.19. The van der Waals surface area contributed by atoms with Crippen molar-refractivity contribution in [2.45, 2.75) is 44.3 Å². The van der Waals surface area contributed by atoms with Gasteiger partial charge in [-0.3, -0.25) is 4.99 Å². The number of guanidine groups is 1. The van der Waals surface area contributed by atoms with Crippen LogP contribution in [0.2, 0.25) is 0 Å². The molecule has 1 aliphatic carbocycles. The number of aliphatic imine (C=N–C) groups is 1. The molecule has 0 aromatic carbocycles. The van der Waals surface area contributed by atoms with Gasteiger partial charge in [0, 0.05) is 26.7 Å². The fraction of sp³-hybridized carbons (Fsp3) is 0.929. The van der Waals surface area contributed by atoms with E-state index in [1.165, 1.54) is 25.7 Å². The summed E-state index contributed by atoms with van der Waals surface area (Å²) >= 11 is 0. The maximum absolute atomic E-state index is 12.0. The minimum Gasteiger partial charge on any atom is -0.356 e. The molecule has 0 aromatic rings. The molecule has 2 rings (SSSR count). The van der Waals surface area contributed by atoms with Crippen LogP contribution in [0.15, 0.2) is 4.99 Å². The molecule has 0 aromatic heterocycles. The van der Waals surface area contributed by atoms with Crippen molar-refractivity contribution in [1.82, 2.24) is 10.2 Å². The van der Waals surface area contributed by atoms with Crippen molar-refractivity contribution in [3.8, 4) is 0 Å². The second kappa shape index (κ2) is 5.92. The third-order valence-corrected chi connectivity index (χ3v) is 7.11. The Labute approximate surface area is 122 Å². The molecule has 116 valence electrons. The van der Waals surface area contributed by atoms with Gasteiger partial charge in [-0.1, -0.05) is 12.8 Å². The van der Waals surface area contributed by atoms with Crippen LogP contribution >= 0.6 is 0 Å². The van der Waals surface area contributed by atoms with Gasteiger partial charge >= 0.3 is 0 Å². The average Bonchev–Trinajstić information content (AvgIpc) is 2.87. The van der Waals surface area contributed by atoms with Gasteiger partial charge in [0.15, 0.2) is 15.8 Å². The summed E-state index contributed by atoms with van der Waals surface area (Å²) in [6.07, 6.45) is 5.26. The van der Waals surface area contributed by atoms with Crippen LogP contribution in [0.4, 0.5) is 0 Å². The summed E-state index contributed by atoms with van der Waals surface area (Å²) < 4.78 is 23.4. The summed E-state index contributed by atoms with van der Waals surface area (Å²) in [5.41, 5.74) is 0. The first kappa shape index (κ1) is 15.6. The first-order chi connectivity index (χ1) is 9.36. The van der Waals surface area contributed by atoms with E-state index in [1.807, 2.05) is 0 Å². The van der Waals surface area contributed by atoms with Gasteiger partial charge in [-0.15, -0.1) is 0 Å². The lowest BCUT2D eigenvalue weighted by Crippen LogP contribution is -2.57. The summed E-state index contributed by atoms with van der Waals surface area (Å²) in [5, 5.41) is 3.43. The van der Waals surface area contributed by atoms with E-state index in [1.54, 1.807) is 20.9 Å². The lowest BCUT2D eigenvalue weighted by atomic mass is 10.1. The molecule has 0 amide bonds. The van der Waals surface area contributed by atoms with Gasteiger partial charge in [0.2, 0.25) is 0 Å². The Balaban J connectivity index is 1.95. The van der Waals surface area contributed by atoms with Crippen molar-refractivity contribution in [3.63, 3.8) is 0 Å². The van der Waals surface area contributed by atoms with Gasteiger partial charge < -0.3 is 10.2 Å². The second-order valence-electron chi connectivity index (χ2n) is 6.58. The van der Waals surface area contributed by atoms with Gasteiger partial charge in [0.25, 0.3) is 0 Å². The van der Waals surface area contributed by atoms with E-state index < -0.39 is 14.6 Å². The predicted molar refractivity (Wildman–Crippen MR) is 82.8 cm³/mol. The third-order valence-electron chi connectivity index (χ3n) is 4.58. The zero-order chi connectivity index (χ0) is 14.8. The van der Waals surface area contributed by atoms with Crippen molar-refractivity contribution in [2.24, 2.45) is 10.9 Å². The van der Waals surface area contributed by atoms with Crippen molar-refractivity contribution >= 4 is 15.8 Å². The van der Waals surface area contributed by atoms with Crippen molar-refractivity contribution in [3.05, 3.63) is 0 Å². The van der Waals surface area contributed by atoms with Crippen molar-refractivity contribution < 1.29 is 8.42 Å². The fourth-order valence-corrected chi connectivity index (χ4v) is 4.47. The maximum Gasteiger partial charge on any atom is 0.193 e. The molecule has 0 unspecified atom stereocenters. The van der Waals surface area contributed by atoms with Crippen LogP contribution in [0.1, 0.15) is 39.5 Å². The minimum atomic E-state index is -2.99. The molecule has 5 nitrogen and oxygen atoms in total. The Morgan fingerprint density at radius 1 is 1.35 bits per heavy atom. The molecule has 1 saturated heterocycles. The Morgan fingerprint density at radius 3 is 2.55 bits per heavy atom. The van der Waals surface area contributed by atoms with Crippen LogP contribution in [-0.2, 0) is 9.84 Å². The molecule has 0 bridgehead atoms. The topological polar surface area (TPSA) is 61.8 Å². The van der Waals surface area contributed by atoms with E-state index in [2.05, 4.69) is 15.2 Å². The van der Waals surface area contributed by atoms with Gasteiger partial charge in [0.05, 0.1) is 10.5 Å². The van der Waals surface area contributed by atoms with Crippen LogP contribution < -0.4 is 5.32 Å². The monoisotopic (exact) mass is 301 g/mol. The SMILES string of the molecule is CN=C(NCC1CCCC1)N1CCS(=O)(=O)C(C)(C)C1. The lowest BCUT2D eigenvalue weighted by Gasteiger charge is -2.39. The number of nitrogens with one attached hydrogen (secondary N) is 1. The number of hydrogen-bond acceptors (Lipinski definition) is 3. The summed E-state index contributed by atoms with van der Waals surface area (Å²) in [4.78, 5) is 6.40. The van der Waals surface area contributed by atoms with E-state index in [0.29, 0.717) is 13.1 Å². The molecule has 1 saturated carbocycles. The summed E-state index contributed by atoms with van der Waals surface area (Å²) in [6, 6.07) is 0. The van der Waals surface area contributed by atoms with Crippen molar-refractivity contribution in [1.29, 1.82) is 0 Å². The van der Waals surface area contributed by atoms with Crippen LogP contribution in [0.5, 0.6) is 0 Å². The summed E-state index contributed by atoms with van der Waals surface area (Å²) in [5.74, 6) is 1.80. The molecule has 1 heterocycles. The Bertz CT molecular complexity index is 465. The quantitative estimate of drug-likeness (QED) is 0.616. The highest BCUT2D eigenvalue weighted by molar-refractivity contribution is 7.92. The number of sulfone groups is 1. The molecular weight excluding hydrogens is 274 g/mol. The Morgan fingerprint density at radius 2 is 2.00 bits per heavy atom. The second-order valence-corrected chi connectivity index (χ2v) is 9.32. The van der Waals surface area contributed by atoms with Gasteiger partial charge in [-0.05, 0) is 32.6 Å². The smallest absolute Gasteiger partial charge is 0.193 e. The number of hydrogen-bond donors (Lipinski definition) is 1. The molecular formula is C14H27N3O2S. The van der Waals surface area contributed by atoms with E-state index in [4.69, 9.17) is 0 Å². The first-order valence-electron chi connectivity index (χ1n) is 7.53. The van der Waals surface area contributed by atoms with Crippen LogP contribution in [-0.4, -0.2) is 56.5 Å². The Kier molecular flexibility index (Phi) is 4.62. The summed E-state index contributed by atoms with van der Waals surface area (Å²) in [7, 11) is -1.22. The fourth-order valence-electron chi connectivity index (χ4n) is 3.11. The zero-order valence-electron chi connectivity index (χ0n) is 12.9. The normalized spacial score (nSPS) is 26.8. The molecule has 0 radical (unpaired) electrons. The molecule has 0 atom stereocenters. The maximum atomic E-state index is 12.0. The van der Waals surface area contributed by atoms with E-state index in [-0.39, 0.29) is 5.75 Å². The zero-order valence-corrected chi connectivity index (χ0v) is 13.7. The van der Waals surface area contributed by atoms with E-state index in [9.17, 15) is 8.42 Å². The molecule has 2 aliphatic rings. The van der Waals surface area contributed by atoms with Gasteiger partial charge in [0.1, 0.15) is 0 Å². The number of rotatable bonds is 2. The molecule has 2 fully saturated rings. The highest BCUT2D eigenvalue weighted by Crippen LogP contribution is 2.25. The summed E-state index contributed by atoms with van der Waals surface area (Å²) in [6.45, 7) is 5.61. The molecule has 1 aliphatic heterocycles. The van der Waals surface area contributed by atoms with Gasteiger partial charge in [-0.2, -0.15) is 0 Å². The van der Waals surface area contributed by atoms with Gasteiger partial charge in [-0.25, -0.2) is 8.42 Å². The molecule has 6 heteroatoms. The predicted octanol–water partition coefficient (Wildman–Crippen LogP) is 1.26. The lowest BCUT2D eigenvalue weighted by molar-refractivity contribution is 0.350.